The van der Waals surface area contributed by atoms with Gasteiger partial charge in [-0.2, -0.15) is 0 Å². The molecule has 61 heavy (non-hydrogen) atoms. The Bertz CT molecular complexity index is 1200. The van der Waals surface area contributed by atoms with Crippen molar-refractivity contribution in [3.63, 3.8) is 0 Å². The van der Waals surface area contributed by atoms with Crippen molar-refractivity contribution in [3.05, 3.63) is 85.1 Å². The Morgan fingerprint density at radius 1 is 0.344 bits per heavy atom. The first kappa shape index (κ1) is 57.6. The van der Waals surface area contributed by atoms with Gasteiger partial charge in [0, 0.05) is 19.3 Å². The zero-order chi connectivity index (χ0) is 44.4. The van der Waals surface area contributed by atoms with Gasteiger partial charge in [0.1, 0.15) is 13.2 Å². The summed E-state index contributed by atoms with van der Waals surface area (Å²) in [6, 6.07) is 0. The molecule has 0 N–H and O–H groups in total. The van der Waals surface area contributed by atoms with Gasteiger partial charge in [0.15, 0.2) is 6.10 Å². The lowest BCUT2D eigenvalue weighted by Gasteiger charge is -2.18. The van der Waals surface area contributed by atoms with Crippen LogP contribution >= 0.6 is 0 Å². The Balaban J connectivity index is 3.96. The fourth-order valence-corrected chi connectivity index (χ4v) is 6.66. The molecule has 0 aliphatic rings. The lowest BCUT2D eigenvalue weighted by molar-refractivity contribution is -0.167. The van der Waals surface area contributed by atoms with Crippen LogP contribution in [0.5, 0.6) is 0 Å². The van der Waals surface area contributed by atoms with Gasteiger partial charge in [0.2, 0.25) is 0 Å². The molecule has 0 spiro atoms. The summed E-state index contributed by atoms with van der Waals surface area (Å²) in [5.41, 5.74) is 0. The van der Waals surface area contributed by atoms with Gasteiger partial charge in [-0.1, -0.05) is 215 Å². The second-order valence-electron chi connectivity index (χ2n) is 16.4. The molecule has 0 bridgehead atoms. The minimum Gasteiger partial charge on any atom is -0.462 e. The number of ether oxygens (including phenoxy) is 3. The lowest BCUT2D eigenvalue weighted by atomic mass is 10.1. The SMILES string of the molecule is CC/C=C\C/C=C\C/C=C\C/C=C\C/C=C\C/C=C\C/C=C\CCCCCCCCCCCC(=O)OCC(COC(=O)CCCCCCC)OC(=O)CCCCCCCCC. The fourth-order valence-electron chi connectivity index (χ4n) is 6.66. The topological polar surface area (TPSA) is 78.9 Å². The van der Waals surface area contributed by atoms with Crippen LogP contribution in [0.15, 0.2) is 85.1 Å². The largest absolute Gasteiger partial charge is 0.462 e. The molecule has 6 heteroatoms. The van der Waals surface area contributed by atoms with Gasteiger partial charge >= 0.3 is 17.9 Å². The average Bonchev–Trinajstić information content (AvgIpc) is 3.26. The van der Waals surface area contributed by atoms with Crippen LogP contribution in [0.3, 0.4) is 0 Å². The Morgan fingerprint density at radius 2 is 0.639 bits per heavy atom. The van der Waals surface area contributed by atoms with E-state index in [0.717, 1.165) is 116 Å². The van der Waals surface area contributed by atoms with Gasteiger partial charge in [-0.15, -0.1) is 0 Å². The molecule has 348 valence electrons. The number of allylic oxidation sites excluding steroid dienone is 14. The summed E-state index contributed by atoms with van der Waals surface area (Å²) in [7, 11) is 0. The maximum Gasteiger partial charge on any atom is 0.306 e. The van der Waals surface area contributed by atoms with E-state index in [1.54, 1.807) is 0 Å². The second-order valence-corrected chi connectivity index (χ2v) is 16.4. The highest BCUT2D eigenvalue weighted by molar-refractivity contribution is 5.71. The highest BCUT2D eigenvalue weighted by Crippen LogP contribution is 2.14. The van der Waals surface area contributed by atoms with Gasteiger partial charge in [0.05, 0.1) is 0 Å². The van der Waals surface area contributed by atoms with Gasteiger partial charge in [-0.3, -0.25) is 14.4 Å². The highest BCUT2D eigenvalue weighted by atomic mass is 16.6. The van der Waals surface area contributed by atoms with Crippen LogP contribution in [0.25, 0.3) is 0 Å². The normalized spacial score (nSPS) is 12.8. The van der Waals surface area contributed by atoms with Crippen LogP contribution in [-0.2, 0) is 28.6 Å². The molecule has 0 aliphatic heterocycles. The molecule has 0 saturated carbocycles. The molecule has 0 aromatic rings. The Kier molecular flexibility index (Phi) is 46.5. The number of hydrogen-bond donors (Lipinski definition) is 0. The van der Waals surface area contributed by atoms with Crippen LogP contribution in [0.4, 0.5) is 0 Å². The lowest BCUT2D eigenvalue weighted by Crippen LogP contribution is -2.30. The molecule has 0 amide bonds. The molecule has 1 atom stereocenters. The smallest absolute Gasteiger partial charge is 0.306 e. The van der Waals surface area contributed by atoms with Crippen molar-refractivity contribution in [1.82, 2.24) is 0 Å². The van der Waals surface area contributed by atoms with Gasteiger partial charge in [-0.25, -0.2) is 0 Å². The van der Waals surface area contributed by atoms with Crippen molar-refractivity contribution in [2.45, 2.75) is 232 Å². The summed E-state index contributed by atoms with van der Waals surface area (Å²) < 4.78 is 16.5. The summed E-state index contributed by atoms with van der Waals surface area (Å²) >= 11 is 0. The Labute approximate surface area is 375 Å². The third-order valence-corrected chi connectivity index (χ3v) is 10.4. The minimum atomic E-state index is -0.769. The minimum absolute atomic E-state index is 0.0778. The predicted octanol–water partition coefficient (Wildman–Crippen LogP) is 16.4. The van der Waals surface area contributed by atoms with E-state index < -0.39 is 6.10 Å². The maximum absolute atomic E-state index is 12.6. The third kappa shape index (κ3) is 47.5. The molecule has 0 aromatic carbocycles. The molecule has 0 fully saturated rings. The molecule has 0 radical (unpaired) electrons. The number of esters is 3. The molecule has 0 saturated heterocycles. The molecule has 0 rings (SSSR count). The maximum atomic E-state index is 12.6. The van der Waals surface area contributed by atoms with Crippen molar-refractivity contribution < 1.29 is 28.6 Å². The van der Waals surface area contributed by atoms with E-state index in [4.69, 9.17) is 14.2 Å². The van der Waals surface area contributed by atoms with Gasteiger partial charge in [0.25, 0.3) is 0 Å². The van der Waals surface area contributed by atoms with Gasteiger partial charge in [-0.05, 0) is 77.0 Å². The Morgan fingerprint density at radius 3 is 1.00 bits per heavy atom. The molecule has 0 aliphatic carbocycles. The standard InChI is InChI=1S/C55H92O6/c1-4-7-10-13-15-16-17-18-19-20-21-22-23-24-25-26-27-28-29-30-31-32-33-34-35-36-37-38-40-42-45-48-54(57)60-51-52(50-59-53(56)47-44-41-12-9-6-3)61-55(58)49-46-43-39-14-11-8-5-2/h7,10,15-16,18-19,21-22,24-25,27-28,30-31,52H,4-6,8-9,11-14,17,20,23,26,29,32-51H2,1-3H3/b10-7-,16-15-,19-18-,22-21-,25-24-,28-27-,31-30-. The monoisotopic (exact) mass is 849 g/mol. The average molecular weight is 849 g/mol. The first-order valence-corrected chi connectivity index (χ1v) is 25.1. The van der Waals surface area contributed by atoms with Crippen molar-refractivity contribution in [3.8, 4) is 0 Å². The van der Waals surface area contributed by atoms with E-state index in [1.165, 1.54) is 70.6 Å². The number of carbonyl (C=O) groups excluding carboxylic acids is 3. The van der Waals surface area contributed by atoms with E-state index in [-0.39, 0.29) is 31.1 Å². The van der Waals surface area contributed by atoms with E-state index in [1.807, 2.05) is 0 Å². The van der Waals surface area contributed by atoms with Crippen LogP contribution in [0.1, 0.15) is 226 Å². The summed E-state index contributed by atoms with van der Waals surface area (Å²) in [6.07, 6.45) is 63.5. The second kappa shape index (κ2) is 49.2. The zero-order valence-electron chi connectivity index (χ0n) is 39.7. The highest BCUT2D eigenvalue weighted by Gasteiger charge is 2.19. The predicted molar refractivity (Wildman–Crippen MR) is 261 cm³/mol. The molecule has 0 heterocycles. The van der Waals surface area contributed by atoms with Crippen molar-refractivity contribution in [1.29, 1.82) is 0 Å². The van der Waals surface area contributed by atoms with Crippen LogP contribution in [0.2, 0.25) is 0 Å². The summed E-state index contributed by atoms with van der Waals surface area (Å²) in [5.74, 6) is -0.909. The number of hydrogen-bond acceptors (Lipinski definition) is 6. The first-order valence-electron chi connectivity index (χ1n) is 25.1. The molecule has 6 nitrogen and oxygen atoms in total. The Hall–Kier alpha value is -3.41. The van der Waals surface area contributed by atoms with E-state index in [0.29, 0.717) is 19.3 Å². The number of unbranched alkanes of at least 4 members (excludes halogenated alkanes) is 19. The van der Waals surface area contributed by atoms with E-state index in [2.05, 4.69) is 106 Å². The van der Waals surface area contributed by atoms with E-state index >= 15 is 0 Å². The summed E-state index contributed by atoms with van der Waals surface area (Å²) in [5, 5.41) is 0. The molecule has 1 unspecified atom stereocenters. The van der Waals surface area contributed by atoms with Crippen LogP contribution < -0.4 is 0 Å². The number of rotatable bonds is 44. The third-order valence-electron chi connectivity index (χ3n) is 10.4. The van der Waals surface area contributed by atoms with Crippen LogP contribution in [-0.4, -0.2) is 37.2 Å². The first-order chi connectivity index (χ1) is 30.0. The quantitative estimate of drug-likeness (QED) is 0.0263. The van der Waals surface area contributed by atoms with Crippen molar-refractivity contribution in [2.75, 3.05) is 13.2 Å². The van der Waals surface area contributed by atoms with Crippen LogP contribution in [0, 0.1) is 0 Å². The number of carbonyl (C=O) groups is 3. The fraction of sp³-hybridized carbons (Fsp3) is 0.691. The van der Waals surface area contributed by atoms with Gasteiger partial charge < -0.3 is 14.2 Å². The zero-order valence-corrected chi connectivity index (χ0v) is 39.7. The van der Waals surface area contributed by atoms with Crippen molar-refractivity contribution in [2.24, 2.45) is 0 Å². The summed E-state index contributed by atoms with van der Waals surface area (Å²) in [4.78, 5) is 37.3. The van der Waals surface area contributed by atoms with E-state index in [9.17, 15) is 14.4 Å². The molecule has 0 aromatic heterocycles. The van der Waals surface area contributed by atoms with Crippen molar-refractivity contribution >= 4 is 17.9 Å². The molecular weight excluding hydrogens is 757 g/mol. The molecular formula is C55H92O6. The summed E-state index contributed by atoms with van der Waals surface area (Å²) in [6.45, 7) is 6.37.